The van der Waals surface area contributed by atoms with Crippen molar-refractivity contribution < 1.29 is 9.90 Å². The number of carboxylic acid groups (broad SMARTS) is 1. The molecule has 0 saturated carbocycles. The molecule has 0 unspecified atom stereocenters. The van der Waals surface area contributed by atoms with Gasteiger partial charge in [0.2, 0.25) is 0 Å². The second-order valence-electron chi connectivity index (χ2n) is 3.96. The van der Waals surface area contributed by atoms with Crippen LogP contribution in [0.1, 0.15) is 17.7 Å². The van der Waals surface area contributed by atoms with Crippen molar-refractivity contribution in [2.75, 3.05) is 0 Å². The summed E-state index contributed by atoms with van der Waals surface area (Å²) >= 11 is 0. The van der Waals surface area contributed by atoms with Gasteiger partial charge in [0.25, 0.3) is 5.56 Å². The van der Waals surface area contributed by atoms with Crippen molar-refractivity contribution in [2.24, 2.45) is 0 Å². The zero-order valence-corrected chi connectivity index (χ0v) is 9.86. The van der Waals surface area contributed by atoms with E-state index in [0.29, 0.717) is 17.1 Å². The first-order valence-corrected chi connectivity index (χ1v) is 5.53. The summed E-state index contributed by atoms with van der Waals surface area (Å²) in [6.45, 7) is 1.71. The predicted octanol–water partition coefficient (Wildman–Crippen LogP) is 1.09. The number of aryl methyl sites for hydroxylation is 1. The van der Waals surface area contributed by atoms with Crippen molar-refractivity contribution in [3.63, 3.8) is 0 Å². The molecule has 0 aliphatic heterocycles. The van der Waals surface area contributed by atoms with Crippen molar-refractivity contribution in [1.82, 2.24) is 15.0 Å². The second-order valence-corrected chi connectivity index (χ2v) is 3.96. The second kappa shape index (κ2) is 4.87. The minimum atomic E-state index is -0.928. The van der Waals surface area contributed by atoms with Crippen molar-refractivity contribution in [1.29, 1.82) is 0 Å². The van der Waals surface area contributed by atoms with E-state index in [0.717, 1.165) is 5.69 Å². The lowest BCUT2D eigenvalue weighted by Crippen LogP contribution is -2.18. The Bertz CT molecular complexity index is 614. The molecule has 0 spiro atoms. The molecule has 0 bridgehead atoms. The van der Waals surface area contributed by atoms with E-state index in [4.69, 9.17) is 5.11 Å². The molecule has 2 aromatic heterocycles. The number of aromatic amines is 2. The van der Waals surface area contributed by atoms with E-state index < -0.39 is 5.97 Å². The molecule has 0 aliphatic rings. The van der Waals surface area contributed by atoms with E-state index in [9.17, 15) is 9.59 Å². The van der Waals surface area contributed by atoms with E-state index in [1.54, 1.807) is 19.2 Å². The van der Waals surface area contributed by atoms with Gasteiger partial charge in [-0.3, -0.25) is 9.59 Å². The van der Waals surface area contributed by atoms with Crippen LogP contribution in [-0.2, 0) is 11.2 Å². The highest BCUT2D eigenvalue weighted by Crippen LogP contribution is 2.12. The van der Waals surface area contributed by atoms with Crippen LogP contribution in [0.3, 0.4) is 0 Å². The Morgan fingerprint density at radius 1 is 1.50 bits per heavy atom. The van der Waals surface area contributed by atoms with Crippen LogP contribution < -0.4 is 5.56 Å². The maximum atomic E-state index is 11.9. The SMILES string of the molecule is Cc1nc(-c2ccc[nH]2)[nH]c(=O)c1CCC(=O)O. The smallest absolute Gasteiger partial charge is 0.303 e. The molecule has 0 atom stereocenters. The molecular formula is C12H13N3O3. The monoisotopic (exact) mass is 247 g/mol. The number of carboxylic acids is 1. The van der Waals surface area contributed by atoms with Crippen LogP contribution in [0.5, 0.6) is 0 Å². The van der Waals surface area contributed by atoms with Gasteiger partial charge in [-0.25, -0.2) is 4.98 Å². The number of nitrogens with zero attached hydrogens (tertiary/aromatic N) is 1. The highest BCUT2D eigenvalue weighted by atomic mass is 16.4. The molecule has 0 aromatic carbocycles. The lowest BCUT2D eigenvalue weighted by Gasteiger charge is -2.05. The van der Waals surface area contributed by atoms with Crippen molar-refractivity contribution >= 4 is 5.97 Å². The van der Waals surface area contributed by atoms with Crippen LogP contribution >= 0.6 is 0 Å². The quantitative estimate of drug-likeness (QED) is 0.753. The largest absolute Gasteiger partial charge is 0.481 e. The Labute approximate surface area is 103 Å². The summed E-state index contributed by atoms with van der Waals surface area (Å²) in [5, 5.41) is 8.62. The predicted molar refractivity (Wildman–Crippen MR) is 65.3 cm³/mol. The van der Waals surface area contributed by atoms with E-state index in [1.807, 2.05) is 6.07 Å². The molecule has 0 aliphatic carbocycles. The number of aliphatic carboxylic acids is 1. The normalized spacial score (nSPS) is 10.5. The van der Waals surface area contributed by atoms with Gasteiger partial charge >= 0.3 is 5.97 Å². The molecule has 0 radical (unpaired) electrons. The number of hydrogen-bond acceptors (Lipinski definition) is 3. The Morgan fingerprint density at radius 2 is 2.28 bits per heavy atom. The molecule has 2 rings (SSSR count). The van der Waals surface area contributed by atoms with Crippen molar-refractivity contribution in [2.45, 2.75) is 19.8 Å². The number of nitrogens with one attached hydrogen (secondary N) is 2. The van der Waals surface area contributed by atoms with E-state index in [-0.39, 0.29) is 18.4 Å². The topological polar surface area (TPSA) is 98.8 Å². The van der Waals surface area contributed by atoms with Crippen LogP contribution in [0.25, 0.3) is 11.5 Å². The van der Waals surface area contributed by atoms with Crippen LogP contribution in [-0.4, -0.2) is 26.0 Å². The maximum Gasteiger partial charge on any atom is 0.303 e. The fourth-order valence-corrected chi connectivity index (χ4v) is 1.74. The molecule has 2 aromatic rings. The summed E-state index contributed by atoms with van der Waals surface area (Å²) < 4.78 is 0. The minimum absolute atomic E-state index is 0.0759. The lowest BCUT2D eigenvalue weighted by atomic mass is 10.1. The summed E-state index contributed by atoms with van der Waals surface area (Å²) in [6, 6.07) is 3.61. The van der Waals surface area contributed by atoms with Crippen LogP contribution in [0.15, 0.2) is 23.1 Å². The Balaban J connectivity index is 2.35. The maximum absolute atomic E-state index is 11.9. The van der Waals surface area contributed by atoms with Gasteiger partial charge in [-0.1, -0.05) is 0 Å². The third-order valence-electron chi connectivity index (χ3n) is 2.66. The third-order valence-corrected chi connectivity index (χ3v) is 2.66. The highest BCUT2D eigenvalue weighted by molar-refractivity contribution is 5.67. The highest BCUT2D eigenvalue weighted by Gasteiger charge is 2.11. The summed E-state index contributed by atoms with van der Waals surface area (Å²) in [5.41, 5.74) is 1.42. The van der Waals surface area contributed by atoms with Gasteiger partial charge in [-0.15, -0.1) is 0 Å². The molecule has 3 N–H and O–H groups in total. The molecule has 0 saturated heterocycles. The molecule has 6 heteroatoms. The lowest BCUT2D eigenvalue weighted by molar-refractivity contribution is -0.136. The summed E-state index contributed by atoms with van der Waals surface area (Å²) in [7, 11) is 0. The fourth-order valence-electron chi connectivity index (χ4n) is 1.74. The Kier molecular flexibility index (Phi) is 3.27. The first-order chi connectivity index (χ1) is 8.58. The van der Waals surface area contributed by atoms with Crippen LogP contribution in [0, 0.1) is 6.92 Å². The van der Waals surface area contributed by atoms with Crippen molar-refractivity contribution in [3.05, 3.63) is 39.9 Å². The molecule has 0 amide bonds. The number of carbonyl (C=O) groups is 1. The molecule has 2 heterocycles. The minimum Gasteiger partial charge on any atom is -0.481 e. The van der Waals surface area contributed by atoms with Gasteiger partial charge in [0, 0.05) is 23.9 Å². The van der Waals surface area contributed by atoms with Crippen molar-refractivity contribution in [3.8, 4) is 11.5 Å². The van der Waals surface area contributed by atoms with E-state index in [2.05, 4.69) is 15.0 Å². The van der Waals surface area contributed by atoms with Crippen LogP contribution in [0.4, 0.5) is 0 Å². The van der Waals surface area contributed by atoms with E-state index in [1.165, 1.54) is 0 Å². The summed E-state index contributed by atoms with van der Waals surface area (Å²) in [5.74, 6) is -0.469. The zero-order valence-electron chi connectivity index (χ0n) is 9.86. The van der Waals surface area contributed by atoms with Crippen LogP contribution in [0.2, 0.25) is 0 Å². The number of hydrogen-bond donors (Lipinski definition) is 3. The Morgan fingerprint density at radius 3 is 2.83 bits per heavy atom. The van der Waals surface area contributed by atoms with Gasteiger partial charge in [-0.2, -0.15) is 0 Å². The van der Waals surface area contributed by atoms with Gasteiger partial charge < -0.3 is 15.1 Å². The Hall–Kier alpha value is -2.37. The number of rotatable bonds is 4. The first kappa shape index (κ1) is 12.1. The molecule has 6 nitrogen and oxygen atoms in total. The standard InChI is InChI=1S/C12H13N3O3/c1-7-8(4-5-10(16)17)12(18)15-11(14-7)9-3-2-6-13-9/h2-3,6,13H,4-5H2,1H3,(H,16,17)(H,14,15,18). The fraction of sp³-hybridized carbons (Fsp3) is 0.250. The van der Waals surface area contributed by atoms with Gasteiger partial charge in [-0.05, 0) is 25.5 Å². The first-order valence-electron chi connectivity index (χ1n) is 5.53. The summed E-state index contributed by atoms with van der Waals surface area (Å²) in [6.07, 6.45) is 1.85. The zero-order chi connectivity index (χ0) is 13.1. The average Bonchev–Trinajstić information content (AvgIpc) is 2.80. The van der Waals surface area contributed by atoms with E-state index >= 15 is 0 Å². The average molecular weight is 247 g/mol. The van der Waals surface area contributed by atoms with Gasteiger partial charge in [0.1, 0.15) is 0 Å². The van der Waals surface area contributed by atoms with Gasteiger partial charge in [0.15, 0.2) is 5.82 Å². The molecular weight excluding hydrogens is 234 g/mol. The third kappa shape index (κ3) is 2.48. The number of H-pyrrole nitrogens is 2. The van der Waals surface area contributed by atoms with Gasteiger partial charge in [0.05, 0.1) is 5.69 Å². The summed E-state index contributed by atoms with van der Waals surface area (Å²) in [4.78, 5) is 32.3. The molecule has 0 fully saturated rings. The number of aromatic nitrogens is 3. The molecule has 18 heavy (non-hydrogen) atoms. The molecule has 94 valence electrons.